The summed E-state index contributed by atoms with van der Waals surface area (Å²) < 4.78 is 6.47. The molecule has 2 heterocycles. The number of aromatic nitrogens is 1. The number of fused-ring (bicyclic) bond motifs is 1. The number of carbonyl (C=O) groups excluding carboxylic acids is 1. The predicted molar refractivity (Wildman–Crippen MR) is 94.0 cm³/mol. The molecular formula is C17H17IN2O2. The molecule has 0 radical (unpaired) electrons. The van der Waals surface area contributed by atoms with E-state index < -0.39 is 0 Å². The van der Waals surface area contributed by atoms with Gasteiger partial charge in [0.15, 0.2) is 0 Å². The quantitative estimate of drug-likeness (QED) is 0.695. The molecule has 0 aliphatic carbocycles. The third kappa shape index (κ3) is 2.95. The van der Waals surface area contributed by atoms with Crippen LogP contribution in [0.1, 0.15) is 30.5 Å². The lowest BCUT2D eigenvalue weighted by Gasteiger charge is -2.36. The Morgan fingerprint density at radius 2 is 2.32 bits per heavy atom. The van der Waals surface area contributed by atoms with Gasteiger partial charge in [-0.05, 0) is 77.7 Å². The highest BCUT2D eigenvalue weighted by atomic mass is 127. The van der Waals surface area contributed by atoms with Crippen molar-refractivity contribution >= 4 is 34.4 Å². The monoisotopic (exact) mass is 408 g/mol. The Bertz CT molecular complexity index is 676. The molecule has 0 saturated heterocycles. The van der Waals surface area contributed by atoms with Gasteiger partial charge in [0.05, 0.1) is 18.3 Å². The van der Waals surface area contributed by atoms with Gasteiger partial charge < -0.3 is 4.74 Å². The number of hydrogen-bond donors (Lipinski definition) is 0. The maximum Gasteiger partial charge on any atom is 0.414 e. The Hall–Kier alpha value is -1.63. The Labute approximate surface area is 143 Å². The smallest absolute Gasteiger partial charge is 0.414 e. The SMILES string of the molecule is CCOC(=O)N1c2ccc(I)cc2CCC1c1cccnc1. The van der Waals surface area contributed by atoms with Gasteiger partial charge in [-0.25, -0.2) is 4.79 Å². The third-order valence-corrected chi connectivity index (χ3v) is 4.50. The van der Waals surface area contributed by atoms with Crippen molar-refractivity contribution in [3.63, 3.8) is 0 Å². The topological polar surface area (TPSA) is 42.4 Å². The van der Waals surface area contributed by atoms with Crippen LogP contribution in [0.4, 0.5) is 10.5 Å². The normalized spacial score (nSPS) is 17.0. The molecule has 0 fully saturated rings. The minimum atomic E-state index is -0.293. The second kappa shape index (κ2) is 6.64. The molecule has 0 bridgehead atoms. The van der Waals surface area contributed by atoms with Crippen LogP contribution >= 0.6 is 22.6 Å². The minimum Gasteiger partial charge on any atom is -0.449 e. The standard InChI is InChI=1S/C17H17IN2O2/c1-2-22-17(21)20-15-8-6-14(18)10-12(15)5-7-16(20)13-4-3-9-19-11-13/h3-4,6,8-11,16H,2,5,7H2,1H3. The van der Waals surface area contributed by atoms with Crippen LogP contribution in [0.5, 0.6) is 0 Å². The van der Waals surface area contributed by atoms with Crippen molar-refractivity contribution in [3.05, 3.63) is 57.4 Å². The molecule has 0 saturated carbocycles. The maximum absolute atomic E-state index is 12.5. The summed E-state index contributed by atoms with van der Waals surface area (Å²) in [6.45, 7) is 2.20. The first kappa shape index (κ1) is 15.3. The Morgan fingerprint density at radius 3 is 3.05 bits per heavy atom. The molecule has 1 atom stereocenters. The Kier molecular flexibility index (Phi) is 4.61. The molecule has 1 aliphatic heterocycles. The van der Waals surface area contributed by atoms with Gasteiger partial charge in [0.1, 0.15) is 0 Å². The zero-order valence-corrected chi connectivity index (χ0v) is 14.5. The van der Waals surface area contributed by atoms with E-state index in [9.17, 15) is 4.79 Å². The van der Waals surface area contributed by atoms with Gasteiger partial charge in [-0.1, -0.05) is 6.07 Å². The average Bonchev–Trinajstić information content (AvgIpc) is 2.54. The molecule has 2 aromatic rings. The first-order valence-electron chi connectivity index (χ1n) is 7.35. The number of benzene rings is 1. The van der Waals surface area contributed by atoms with Crippen molar-refractivity contribution in [1.29, 1.82) is 0 Å². The molecule has 3 rings (SSSR count). The van der Waals surface area contributed by atoms with Gasteiger partial charge in [0, 0.05) is 16.0 Å². The van der Waals surface area contributed by atoms with E-state index in [0.29, 0.717) is 6.61 Å². The molecule has 5 heteroatoms. The van der Waals surface area contributed by atoms with E-state index in [1.165, 1.54) is 9.13 Å². The summed E-state index contributed by atoms with van der Waals surface area (Å²) in [4.78, 5) is 18.5. The predicted octanol–water partition coefficient (Wildman–Crippen LogP) is 4.34. The lowest BCUT2D eigenvalue weighted by Crippen LogP contribution is -2.39. The van der Waals surface area contributed by atoms with Gasteiger partial charge >= 0.3 is 6.09 Å². The van der Waals surface area contributed by atoms with Crippen LogP contribution in [-0.4, -0.2) is 17.7 Å². The molecule has 0 N–H and O–H groups in total. The first-order valence-corrected chi connectivity index (χ1v) is 8.43. The number of ether oxygens (including phenoxy) is 1. The Balaban J connectivity index is 2.04. The summed E-state index contributed by atoms with van der Waals surface area (Å²) in [5, 5.41) is 0. The van der Waals surface area contributed by atoms with Crippen molar-refractivity contribution in [2.45, 2.75) is 25.8 Å². The van der Waals surface area contributed by atoms with Crippen molar-refractivity contribution in [2.75, 3.05) is 11.5 Å². The number of rotatable bonds is 2. The summed E-state index contributed by atoms with van der Waals surface area (Å²) in [5.41, 5.74) is 3.18. The number of anilines is 1. The summed E-state index contributed by atoms with van der Waals surface area (Å²) in [7, 11) is 0. The average molecular weight is 408 g/mol. The van der Waals surface area contributed by atoms with Crippen molar-refractivity contribution in [1.82, 2.24) is 4.98 Å². The number of hydrogen-bond acceptors (Lipinski definition) is 3. The van der Waals surface area contributed by atoms with Crippen LogP contribution in [0.15, 0.2) is 42.7 Å². The number of pyridine rings is 1. The van der Waals surface area contributed by atoms with Crippen LogP contribution in [0.25, 0.3) is 0 Å². The molecule has 1 aromatic carbocycles. The fourth-order valence-electron chi connectivity index (χ4n) is 2.89. The molecule has 22 heavy (non-hydrogen) atoms. The highest BCUT2D eigenvalue weighted by Crippen LogP contribution is 2.39. The van der Waals surface area contributed by atoms with E-state index in [0.717, 1.165) is 24.1 Å². The molecule has 1 aliphatic rings. The van der Waals surface area contributed by atoms with Crippen molar-refractivity contribution in [3.8, 4) is 0 Å². The molecule has 1 amide bonds. The van der Waals surface area contributed by atoms with Crippen LogP contribution in [0.2, 0.25) is 0 Å². The summed E-state index contributed by atoms with van der Waals surface area (Å²) in [6.07, 6.45) is 5.10. The molecule has 114 valence electrons. The second-order valence-corrected chi connectivity index (χ2v) is 6.43. The number of carbonyl (C=O) groups is 1. The van der Waals surface area contributed by atoms with E-state index in [4.69, 9.17) is 4.74 Å². The van der Waals surface area contributed by atoms with Crippen molar-refractivity contribution in [2.24, 2.45) is 0 Å². The highest BCUT2D eigenvalue weighted by Gasteiger charge is 2.33. The van der Waals surface area contributed by atoms with Crippen LogP contribution in [-0.2, 0) is 11.2 Å². The van der Waals surface area contributed by atoms with Gasteiger partial charge in [0.2, 0.25) is 0 Å². The van der Waals surface area contributed by atoms with Gasteiger partial charge in [0.25, 0.3) is 0 Å². The van der Waals surface area contributed by atoms with Gasteiger partial charge in [-0.2, -0.15) is 0 Å². The van der Waals surface area contributed by atoms with Crippen LogP contribution in [0.3, 0.4) is 0 Å². The number of aryl methyl sites for hydroxylation is 1. The molecule has 1 unspecified atom stereocenters. The van der Waals surface area contributed by atoms with E-state index >= 15 is 0 Å². The lowest BCUT2D eigenvalue weighted by atomic mass is 9.92. The largest absolute Gasteiger partial charge is 0.449 e. The number of amides is 1. The fourth-order valence-corrected chi connectivity index (χ4v) is 3.44. The minimum absolute atomic E-state index is 0.0275. The zero-order valence-electron chi connectivity index (χ0n) is 12.3. The molecule has 0 spiro atoms. The highest BCUT2D eigenvalue weighted by molar-refractivity contribution is 14.1. The van der Waals surface area contributed by atoms with Crippen molar-refractivity contribution < 1.29 is 9.53 Å². The Morgan fingerprint density at radius 1 is 1.45 bits per heavy atom. The fraction of sp³-hybridized carbons (Fsp3) is 0.294. The zero-order chi connectivity index (χ0) is 15.5. The first-order chi connectivity index (χ1) is 10.7. The maximum atomic E-state index is 12.5. The summed E-state index contributed by atoms with van der Waals surface area (Å²) >= 11 is 2.30. The summed E-state index contributed by atoms with van der Waals surface area (Å²) in [5.74, 6) is 0. The van der Waals surface area contributed by atoms with Gasteiger partial charge in [-0.3, -0.25) is 9.88 Å². The van der Waals surface area contributed by atoms with Gasteiger partial charge in [-0.15, -0.1) is 0 Å². The van der Waals surface area contributed by atoms with Crippen LogP contribution in [0, 0.1) is 3.57 Å². The summed E-state index contributed by atoms with van der Waals surface area (Å²) in [6, 6.07) is 10.1. The van der Waals surface area contributed by atoms with E-state index in [1.807, 2.05) is 37.4 Å². The molecule has 1 aromatic heterocycles. The molecular weight excluding hydrogens is 391 g/mol. The number of nitrogens with zero attached hydrogens (tertiary/aromatic N) is 2. The third-order valence-electron chi connectivity index (χ3n) is 3.83. The van der Waals surface area contributed by atoms with E-state index in [1.54, 1.807) is 11.1 Å². The second-order valence-electron chi connectivity index (χ2n) is 5.18. The number of halogens is 1. The van der Waals surface area contributed by atoms with E-state index in [2.05, 4.69) is 33.6 Å². The lowest BCUT2D eigenvalue weighted by molar-refractivity contribution is 0.156. The molecule has 4 nitrogen and oxygen atoms in total. The van der Waals surface area contributed by atoms with Crippen LogP contribution < -0.4 is 4.90 Å². The van der Waals surface area contributed by atoms with E-state index in [-0.39, 0.29) is 12.1 Å².